The topological polar surface area (TPSA) is 94.0 Å². The summed E-state index contributed by atoms with van der Waals surface area (Å²) in [7, 11) is 0. The summed E-state index contributed by atoms with van der Waals surface area (Å²) in [6.45, 7) is 0. The van der Waals surface area contributed by atoms with Crippen LogP contribution in [0.25, 0.3) is 5.82 Å². The quantitative estimate of drug-likeness (QED) is 0.511. The second-order valence-corrected chi connectivity index (χ2v) is 6.06. The molecule has 0 aliphatic carbocycles. The second-order valence-electron chi connectivity index (χ2n) is 6.06. The number of carbonyl (C=O) groups excluding carboxylic acids is 1. The predicted molar refractivity (Wildman–Crippen MR) is 105 cm³/mol. The Hall–Kier alpha value is -4.34. The molecule has 2 heterocycles. The van der Waals surface area contributed by atoms with Crippen LogP contribution in [-0.2, 0) is 0 Å². The first-order chi connectivity index (χ1) is 14.5. The van der Waals surface area contributed by atoms with Crippen molar-refractivity contribution >= 4 is 17.4 Å². The molecular formula is C20H14F2N6O2. The average molecular weight is 408 g/mol. The average Bonchev–Trinajstić information content (AvgIpc) is 3.24. The highest BCUT2D eigenvalue weighted by Gasteiger charge is 2.07. The van der Waals surface area contributed by atoms with Crippen molar-refractivity contribution in [1.29, 1.82) is 0 Å². The number of aromatic nitrogens is 4. The third-order valence-electron chi connectivity index (χ3n) is 3.85. The summed E-state index contributed by atoms with van der Waals surface area (Å²) >= 11 is 0. The molecule has 0 aliphatic heterocycles. The molecule has 0 atom stereocenters. The number of amides is 2. The van der Waals surface area contributed by atoms with Crippen LogP contribution in [0.4, 0.5) is 25.0 Å². The number of hydrogen-bond donors (Lipinski definition) is 2. The van der Waals surface area contributed by atoms with Crippen molar-refractivity contribution in [3.8, 4) is 17.4 Å². The molecule has 0 saturated heterocycles. The zero-order valence-electron chi connectivity index (χ0n) is 15.3. The SMILES string of the molecule is O=C(Nc1ccc(Oc2ccc(-n3ccnc3)nn2)cc1)Nc1cc(F)cc(F)c1. The third kappa shape index (κ3) is 4.73. The minimum Gasteiger partial charge on any atom is -0.438 e. The summed E-state index contributed by atoms with van der Waals surface area (Å²) < 4.78 is 33.7. The molecule has 2 amide bonds. The number of nitrogens with one attached hydrogen (secondary N) is 2. The summed E-state index contributed by atoms with van der Waals surface area (Å²) in [6.07, 6.45) is 4.99. The lowest BCUT2D eigenvalue weighted by Crippen LogP contribution is -2.19. The van der Waals surface area contributed by atoms with E-state index >= 15 is 0 Å². The van der Waals surface area contributed by atoms with Crippen molar-refractivity contribution in [3.05, 3.63) is 85.0 Å². The Bertz CT molecular complexity index is 1130. The molecular weight excluding hydrogens is 394 g/mol. The summed E-state index contributed by atoms with van der Waals surface area (Å²) in [4.78, 5) is 15.9. The highest BCUT2D eigenvalue weighted by atomic mass is 19.1. The molecule has 0 saturated carbocycles. The lowest BCUT2D eigenvalue weighted by molar-refractivity contribution is 0.262. The number of hydrogen-bond acceptors (Lipinski definition) is 5. The van der Waals surface area contributed by atoms with E-state index in [-0.39, 0.29) is 5.69 Å². The van der Waals surface area contributed by atoms with Crippen LogP contribution in [0.15, 0.2) is 73.3 Å². The minimum atomic E-state index is -0.784. The van der Waals surface area contributed by atoms with Crippen LogP contribution >= 0.6 is 0 Å². The molecule has 4 rings (SSSR count). The van der Waals surface area contributed by atoms with Crippen molar-refractivity contribution in [3.63, 3.8) is 0 Å². The van der Waals surface area contributed by atoms with Crippen LogP contribution in [0.1, 0.15) is 0 Å². The van der Waals surface area contributed by atoms with Gasteiger partial charge in [0.2, 0.25) is 5.88 Å². The van der Waals surface area contributed by atoms with E-state index in [1.165, 1.54) is 0 Å². The van der Waals surface area contributed by atoms with Crippen LogP contribution in [0.2, 0.25) is 0 Å². The van der Waals surface area contributed by atoms with E-state index in [1.54, 1.807) is 59.7 Å². The van der Waals surface area contributed by atoms with Crippen molar-refractivity contribution in [2.24, 2.45) is 0 Å². The van der Waals surface area contributed by atoms with Gasteiger partial charge in [-0.1, -0.05) is 0 Å². The molecule has 0 unspecified atom stereocenters. The third-order valence-corrected chi connectivity index (χ3v) is 3.85. The van der Waals surface area contributed by atoms with Gasteiger partial charge in [-0.25, -0.2) is 18.6 Å². The summed E-state index contributed by atoms with van der Waals surface area (Å²) in [6, 6.07) is 12.0. The fourth-order valence-electron chi connectivity index (χ4n) is 2.55. The largest absolute Gasteiger partial charge is 0.438 e. The van der Waals surface area contributed by atoms with E-state index in [0.717, 1.165) is 18.2 Å². The lowest BCUT2D eigenvalue weighted by Gasteiger charge is -2.09. The van der Waals surface area contributed by atoms with E-state index < -0.39 is 17.7 Å². The van der Waals surface area contributed by atoms with Crippen molar-refractivity contribution in [2.75, 3.05) is 10.6 Å². The maximum Gasteiger partial charge on any atom is 0.323 e. The molecule has 30 heavy (non-hydrogen) atoms. The Labute approximate surface area is 169 Å². The first-order valence-corrected chi connectivity index (χ1v) is 8.69. The van der Waals surface area contributed by atoms with Gasteiger partial charge in [0, 0.05) is 35.9 Å². The summed E-state index contributed by atoms with van der Waals surface area (Å²) in [5.41, 5.74) is 0.459. The van der Waals surface area contributed by atoms with Gasteiger partial charge in [0.05, 0.1) is 0 Å². The number of nitrogens with zero attached hydrogens (tertiary/aromatic N) is 4. The van der Waals surface area contributed by atoms with E-state index in [9.17, 15) is 13.6 Å². The molecule has 2 aromatic heterocycles. The van der Waals surface area contributed by atoms with Gasteiger partial charge >= 0.3 is 6.03 Å². The zero-order valence-corrected chi connectivity index (χ0v) is 15.3. The molecule has 10 heteroatoms. The van der Waals surface area contributed by atoms with Gasteiger partial charge in [0.15, 0.2) is 5.82 Å². The molecule has 2 N–H and O–H groups in total. The van der Waals surface area contributed by atoms with Gasteiger partial charge in [-0.05, 0) is 42.5 Å². The molecule has 4 aromatic rings. The smallest absolute Gasteiger partial charge is 0.323 e. The fraction of sp³-hybridized carbons (Fsp3) is 0. The highest BCUT2D eigenvalue weighted by Crippen LogP contribution is 2.22. The van der Waals surface area contributed by atoms with Crippen LogP contribution in [0.3, 0.4) is 0 Å². The van der Waals surface area contributed by atoms with E-state index in [0.29, 0.717) is 23.1 Å². The van der Waals surface area contributed by atoms with E-state index in [4.69, 9.17) is 4.74 Å². The van der Waals surface area contributed by atoms with Gasteiger partial charge in [0.1, 0.15) is 23.7 Å². The normalized spacial score (nSPS) is 10.5. The minimum absolute atomic E-state index is 0.00247. The molecule has 2 aromatic carbocycles. The number of benzene rings is 2. The molecule has 0 fully saturated rings. The maximum absolute atomic E-state index is 13.2. The molecule has 0 spiro atoms. The summed E-state index contributed by atoms with van der Waals surface area (Å²) in [5, 5.41) is 13.0. The maximum atomic E-state index is 13.2. The second kappa shape index (κ2) is 8.35. The van der Waals surface area contributed by atoms with Crippen LogP contribution < -0.4 is 15.4 Å². The number of ether oxygens (including phenoxy) is 1. The first-order valence-electron chi connectivity index (χ1n) is 8.69. The van der Waals surface area contributed by atoms with E-state index in [2.05, 4.69) is 25.8 Å². The van der Waals surface area contributed by atoms with Gasteiger partial charge < -0.3 is 15.4 Å². The number of anilines is 2. The molecule has 0 bridgehead atoms. The Morgan fingerprint density at radius 3 is 2.27 bits per heavy atom. The Balaban J connectivity index is 1.35. The van der Waals surface area contributed by atoms with Crippen LogP contribution in [0.5, 0.6) is 11.6 Å². The monoisotopic (exact) mass is 408 g/mol. The number of imidazole rings is 1. The van der Waals surface area contributed by atoms with Crippen molar-refractivity contribution in [2.45, 2.75) is 0 Å². The molecule has 0 radical (unpaired) electrons. The number of halogens is 2. The van der Waals surface area contributed by atoms with E-state index in [1.807, 2.05) is 0 Å². The Morgan fingerprint density at radius 2 is 1.63 bits per heavy atom. The van der Waals surface area contributed by atoms with Crippen LogP contribution in [-0.4, -0.2) is 25.8 Å². The highest BCUT2D eigenvalue weighted by molar-refractivity contribution is 5.99. The Kier molecular flexibility index (Phi) is 5.29. The van der Waals surface area contributed by atoms with Crippen LogP contribution in [0, 0.1) is 11.6 Å². The van der Waals surface area contributed by atoms with Gasteiger partial charge in [-0.2, -0.15) is 0 Å². The standard InChI is InChI=1S/C20H14F2N6O2/c21-13-9-14(22)11-16(10-13)25-20(29)24-15-1-3-17(4-2-15)30-19-6-5-18(26-27-19)28-8-7-23-12-28/h1-12H,(H2,24,25,29). The van der Waals surface area contributed by atoms with Crippen molar-refractivity contribution < 1.29 is 18.3 Å². The first kappa shape index (κ1) is 19.0. The molecule has 0 aliphatic rings. The summed E-state index contributed by atoms with van der Waals surface area (Å²) in [5.74, 6) is -0.187. The lowest BCUT2D eigenvalue weighted by atomic mass is 10.3. The molecule has 8 nitrogen and oxygen atoms in total. The van der Waals surface area contributed by atoms with Crippen molar-refractivity contribution in [1.82, 2.24) is 19.7 Å². The van der Waals surface area contributed by atoms with Gasteiger partial charge in [0.25, 0.3) is 0 Å². The Morgan fingerprint density at radius 1 is 0.900 bits per heavy atom. The fourth-order valence-corrected chi connectivity index (χ4v) is 2.55. The number of urea groups is 1. The predicted octanol–water partition coefficient (Wildman–Crippen LogP) is 4.38. The van der Waals surface area contributed by atoms with Gasteiger partial charge in [-0.3, -0.25) is 4.57 Å². The molecule has 150 valence electrons. The number of rotatable bonds is 5. The number of carbonyl (C=O) groups is 1. The zero-order chi connectivity index (χ0) is 20.9. The van der Waals surface area contributed by atoms with Gasteiger partial charge in [-0.15, -0.1) is 10.2 Å².